The van der Waals surface area contributed by atoms with Gasteiger partial charge in [-0.05, 0) is 31.1 Å². The minimum atomic E-state index is -1.03. The van der Waals surface area contributed by atoms with Gasteiger partial charge in [-0.15, -0.1) is 0 Å². The van der Waals surface area contributed by atoms with Crippen LogP contribution in [0.25, 0.3) is 0 Å². The van der Waals surface area contributed by atoms with E-state index >= 15 is 0 Å². The first-order valence-electron chi connectivity index (χ1n) is 7.86. The number of hydrogen-bond acceptors (Lipinski definition) is 3. The molecule has 2 amide bonds. The fourth-order valence-corrected chi connectivity index (χ4v) is 3.42. The molecule has 2 saturated heterocycles. The first-order chi connectivity index (χ1) is 9.90. The highest BCUT2D eigenvalue weighted by Gasteiger charge is 2.40. The second-order valence-corrected chi connectivity index (χ2v) is 6.60. The zero-order valence-electron chi connectivity index (χ0n) is 12.9. The average molecular weight is 298 g/mol. The molecule has 0 aliphatic carbocycles. The zero-order chi connectivity index (χ0) is 15.6. The predicted octanol–water partition coefficient (Wildman–Crippen LogP) is 1.38. The standard InChI is InChI=1S/C15H26N2O4/c1-10(2)11-4-3-6-16(7-5-11)15(21)17-9-12(18)8-13(17)14(19)20/h10-13,18H,3-9H2,1-2H3,(H,19,20). The second-order valence-electron chi connectivity index (χ2n) is 6.60. The summed E-state index contributed by atoms with van der Waals surface area (Å²) >= 11 is 0. The molecule has 2 heterocycles. The molecule has 2 rings (SSSR count). The third kappa shape index (κ3) is 3.67. The van der Waals surface area contributed by atoms with Gasteiger partial charge in [0.2, 0.25) is 0 Å². The van der Waals surface area contributed by atoms with E-state index in [2.05, 4.69) is 13.8 Å². The van der Waals surface area contributed by atoms with E-state index in [1.165, 1.54) is 4.90 Å². The van der Waals surface area contributed by atoms with Gasteiger partial charge in [-0.3, -0.25) is 0 Å². The summed E-state index contributed by atoms with van der Waals surface area (Å²) in [5.74, 6) is 0.206. The van der Waals surface area contributed by atoms with Gasteiger partial charge in [0.15, 0.2) is 0 Å². The Hall–Kier alpha value is -1.30. The van der Waals surface area contributed by atoms with E-state index in [0.717, 1.165) is 19.3 Å². The monoisotopic (exact) mass is 298 g/mol. The molecule has 2 aliphatic heterocycles. The normalized spacial score (nSPS) is 30.6. The van der Waals surface area contributed by atoms with Gasteiger partial charge in [0.05, 0.1) is 6.10 Å². The van der Waals surface area contributed by atoms with Crippen molar-refractivity contribution in [1.29, 1.82) is 0 Å². The maximum absolute atomic E-state index is 12.6. The summed E-state index contributed by atoms with van der Waals surface area (Å²) in [5, 5.41) is 18.9. The van der Waals surface area contributed by atoms with E-state index in [4.69, 9.17) is 0 Å². The molecule has 0 aromatic carbocycles. The van der Waals surface area contributed by atoms with Crippen LogP contribution in [0, 0.1) is 11.8 Å². The third-order valence-electron chi connectivity index (χ3n) is 4.80. The first-order valence-corrected chi connectivity index (χ1v) is 7.86. The van der Waals surface area contributed by atoms with E-state index in [1.807, 2.05) is 0 Å². The van der Waals surface area contributed by atoms with Gasteiger partial charge in [-0.2, -0.15) is 0 Å². The van der Waals surface area contributed by atoms with Gasteiger partial charge in [0, 0.05) is 26.1 Å². The second kappa shape index (κ2) is 6.64. The molecule has 2 aliphatic rings. The Morgan fingerprint density at radius 3 is 2.52 bits per heavy atom. The summed E-state index contributed by atoms with van der Waals surface area (Å²) in [4.78, 5) is 26.9. The molecule has 6 heteroatoms. The Kier molecular flexibility index (Phi) is 5.08. The fraction of sp³-hybridized carbons (Fsp3) is 0.867. The van der Waals surface area contributed by atoms with E-state index in [1.54, 1.807) is 4.90 Å². The summed E-state index contributed by atoms with van der Waals surface area (Å²) in [7, 11) is 0. The van der Waals surface area contributed by atoms with E-state index in [0.29, 0.717) is 24.9 Å². The molecule has 2 N–H and O–H groups in total. The maximum Gasteiger partial charge on any atom is 0.326 e. The lowest BCUT2D eigenvalue weighted by Crippen LogP contribution is -2.48. The molecule has 21 heavy (non-hydrogen) atoms. The number of likely N-dealkylation sites (tertiary alicyclic amines) is 2. The van der Waals surface area contributed by atoms with Gasteiger partial charge in [0.1, 0.15) is 6.04 Å². The molecule has 0 spiro atoms. The van der Waals surface area contributed by atoms with E-state index in [-0.39, 0.29) is 19.0 Å². The molecule has 0 bridgehead atoms. The van der Waals surface area contributed by atoms with Gasteiger partial charge in [0.25, 0.3) is 0 Å². The Morgan fingerprint density at radius 1 is 1.19 bits per heavy atom. The lowest BCUT2D eigenvalue weighted by molar-refractivity contribution is -0.141. The molecule has 0 radical (unpaired) electrons. The Bertz CT molecular complexity index is 399. The van der Waals surface area contributed by atoms with Crippen molar-refractivity contribution in [3.8, 4) is 0 Å². The molecule has 0 saturated carbocycles. The number of aliphatic hydroxyl groups is 1. The number of amides is 2. The first kappa shape index (κ1) is 16.1. The summed E-state index contributed by atoms with van der Waals surface area (Å²) < 4.78 is 0. The summed E-state index contributed by atoms with van der Waals surface area (Å²) in [6.07, 6.45) is 2.45. The van der Waals surface area contributed by atoms with Crippen LogP contribution in [0.2, 0.25) is 0 Å². The minimum Gasteiger partial charge on any atom is -0.480 e. The fourth-order valence-electron chi connectivity index (χ4n) is 3.42. The average Bonchev–Trinajstić information content (AvgIpc) is 2.66. The van der Waals surface area contributed by atoms with Crippen LogP contribution in [0.5, 0.6) is 0 Å². The SMILES string of the molecule is CC(C)C1CCCN(C(=O)N2CC(O)CC2C(=O)O)CC1. The number of aliphatic carboxylic acids is 1. The molecule has 0 aromatic heterocycles. The van der Waals surface area contributed by atoms with Crippen LogP contribution in [0.4, 0.5) is 4.79 Å². The lowest BCUT2D eigenvalue weighted by atomic mass is 9.89. The summed E-state index contributed by atoms with van der Waals surface area (Å²) in [6, 6.07) is -1.12. The third-order valence-corrected chi connectivity index (χ3v) is 4.80. The Morgan fingerprint density at radius 2 is 1.90 bits per heavy atom. The molecule has 0 aromatic rings. The summed E-state index contributed by atoms with van der Waals surface area (Å²) in [6.45, 7) is 5.90. The van der Waals surface area contributed by atoms with Gasteiger partial charge >= 0.3 is 12.0 Å². The predicted molar refractivity (Wildman–Crippen MR) is 77.9 cm³/mol. The van der Waals surface area contributed by atoms with Crippen LogP contribution in [0.1, 0.15) is 39.5 Å². The lowest BCUT2D eigenvalue weighted by Gasteiger charge is -2.29. The van der Waals surface area contributed by atoms with Crippen molar-refractivity contribution in [2.75, 3.05) is 19.6 Å². The maximum atomic E-state index is 12.6. The van der Waals surface area contributed by atoms with Crippen molar-refractivity contribution >= 4 is 12.0 Å². The number of carbonyl (C=O) groups excluding carboxylic acids is 1. The van der Waals surface area contributed by atoms with Crippen LogP contribution in [-0.4, -0.2) is 63.8 Å². The highest BCUT2D eigenvalue weighted by molar-refractivity contribution is 5.83. The number of carbonyl (C=O) groups is 2. The molecular formula is C15H26N2O4. The highest BCUT2D eigenvalue weighted by atomic mass is 16.4. The molecule has 2 fully saturated rings. The zero-order valence-corrected chi connectivity index (χ0v) is 12.9. The summed E-state index contributed by atoms with van der Waals surface area (Å²) in [5.41, 5.74) is 0. The number of β-amino-alcohol motifs (C(OH)–C–C–N with tert-alkyl or cyclic N) is 1. The molecular weight excluding hydrogens is 272 g/mol. The van der Waals surface area contributed by atoms with Crippen LogP contribution in [-0.2, 0) is 4.79 Å². The quantitative estimate of drug-likeness (QED) is 0.807. The largest absolute Gasteiger partial charge is 0.480 e. The number of carboxylic acid groups (broad SMARTS) is 1. The number of aliphatic hydroxyl groups excluding tert-OH is 1. The van der Waals surface area contributed by atoms with Crippen LogP contribution in [0.3, 0.4) is 0 Å². The number of hydrogen-bond donors (Lipinski definition) is 2. The van der Waals surface area contributed by atoms with Crippen molar-refractivity contribution < 1.29 is 19.8 Å². The van der Waals surface area contributed by atoms with Crippen molar-refractivity contribution in [1.82, 2.24) is 9.80 Å². The van der Waals surface area contributed by atoms with E-state index in [9.17, 15) is 19.8 Å². The topological polar surface area (TPSA) is 81.1 Å². The molecule has 3 unspecified atom stereocenters. The van der Waals surface area contributed by atoms with Gasteiger partial charge in [-0.25, -0.2) is 9.59 Å². The molecule has 6 nitrogen and oxygen atoms in total. The van der Waals surface area contributed by atoms with Gasteiger partial charge in [-0.1, -0.05) is 13.8 Å². The van der Waals surface area contributed by atoms with E-state index < -0.39 is 18.1 Å². The highest BCUT2D eigenvalue weighted by Crippen LogP contribution is 2.26. The van der Waals surface area contributed by atoms with Crippen LogP contribution >= 0.6 is 0 Å². The number of nitrogens with zero attached hydrogens (tertiary/aromatic N) is 2. The Labute approximate surface area is 125 Å². The van der Waals surface area contributed by atoms with Crippen molar-refractivity contribution in [2.24, 2.45) is 11.8 Å². The number of rotatable bonds is 2. The number of urea groups is 1. The van der Waals surface area contributed by atoms with Crippen molar-refractivity contribution in [3.63, 3.8) is 0 Å². The molecule has 120 valence electrons. The Balaban J connectivity index is 2.00. The number of carboxylic acids is 1. The van der Waals surface area contributed by atoms with Gasteiger partial charge < -0.3 is 20.0 Å². The van der Waals surface area contributed by atoms with Crippen molar-refractivity contribution in [3.05, 3.63) is 0 Å². The van der Waals surface area contributed by atoms with Crippen LogP contribution < -0.4 is 0 Å². The smallest absolute Gasteiger partial charge is 0.326 e. The van der Waals surface area contributed by atoms with Crippen molar-refractivity contribution in [2.45, 2.75) is 51.7 Å². The van der Waals surface area contributed by atoms with Crippen LogP contribution in [0.15, 0.2) is 0 Å². The molecule has 3 atom stereocenters. The minimum absolute atomic E-state index is 0.125.